The Kier molecular flexibility index (Phi) is 7.02. The second-order valence-corrected chi connectivity index (χ2v) is 15.2. The van der Waals surface area contributed by atoms with Crippen LogP contribution in [0.25, 0.3) is 6.08 Å². The second kappa shape index (κ2) is 10.4. The monoisotopic (exact) mass is 654 g/mol. The molecule has 5 aliphatic rings. The van der Waals surface area contributed by atoms with E-state index in [1.807, 2.05) is 28.5 Å². The van der Waals surface area contributed by atoms with Crippen molar-refractivity contribution in [3.05, 3.63) is 50.1 Å². The van der Waals surface area contributed by atoms with Crippen LogP contribution in [0.4, 0.5) is 0 Å². The fraction of sp³-hybridized carbons (Fsp3) is 0.576. The van der Waals surface area contributed by atoms with Crippen LogP contribution in [0.1, 0.15) is 68.9 Å². The largest absolute Gasteiger partial charge is 0.504 e. The predicted molar refractivity (Wildman–Crippen MR) is 166 cm³/mol. The van der Waals surface area contributed by atoms with E-state index in [-0.39, 0.29) is 35.6 Å². The number of phenolic OH excluding ortho intramolecular Hbond substituents is 1. The number of amides is 1. The molecule has 3 aliphatic carbocycles. The van der Waals surface area contributed by atoms with Crippen LogP contribution in [0.5, 0.6) is 11.5 Å². The molecule has 2 bridgehead atoms. The van der Waals surface area contributed by atoms with Gasteiger partial charge in [-0.25, -0.2) is 0 Å². The minimum atomic E-state index is -0.773. The van der Waals surface area contributed by atoms with E-state index in [9.17, 15) is 14.7 Å². The summed E-state index contributed by atoms with van der Waals surface area (Å²) in [6.45, 7) is 8.28. The Hall–Kier alpha value is -2.36. The number of aromatic hydroxyl groups is 1. The maximum absolute atomic E-state index is 14.0. The first-order valence-electron chi connectivity index (χ1n) is 15.3. The number of ether oxygens (including phenoxy) is 2. The van der Waals surface area contributed by atoms with E-state index in [2.05, 4.69) is 34.7 Å². The van der Waals surface area contributed by atoms with Gasteiger partial charge in [0.2, 0.25) is 5.91 Å². The van der Waals surface area contributed by atoms with Crippen LogP contribution < -0.4 is 4.74 Å². The van der Waals surface area contributed by atoms with Gasteiger partial charge in [-0.3, -0.25) is 14.5 Å². The highest BCUT2D eigenvalue weighted by Gasteiger charge is 2.75. The molecule has 2 saturated carbocycles. The maximum atomic E-state index is 14.0. The molecule has 7 nitrogen and oxygen atoms in total. The smallest absolute Gasteiger partial charge is 0.303 e. The molecule has 1 spiro atoms. The summed E-state index contributed by atoms with van der Waals surface area (Å²) in [4.78, 5) is 32.5. The van der Waals surface area contributed by atoms with E-state index >= 15 is 0 Å². The number of nitrogens with zero attached hydrogens (tertiary/aromatic N) is 2. The summed E-state index contributed by atoms with van der Waals surface area (Å²) in [7, 11) is 0. The zero-order chi connectivity index (χ0) is 29.4. The van der Waals surface area contributed by atoms with Gasteiger partial charge in [0.15, 0.2) is 11.5 Å². The average molecular weight is 656 g/mol. The summed E-state index contributed by atoms with van der Waals surface area (Å²) in [6.07, 6.45) is 8.51. The standard InChI is InChI=1S/C33H39BrN2O5S/c1-19(2)16-36(28(39)9-7-24-15-23(34)18-42-24)25-10-11-33(41-20(3)37)27-14-22-6-8-26(38)30-29(22)32(33,31(25)40-30)12-13-35(27)17-21-4-5-21/h6-9,15,18-19,21,25,27,31,38H,4-5,10-14,16-17H2,1-3H3/b9-7+/t25-,27+,31-,32-,33+/m0/s1. The highest BCUT2D eigenvalue weighted by Crippen LogP contribution is 2.67. The van der Waals surface area contributed by atoms with Crippen molar-refractivity contribution >= 4 is 45.2 Å². The zero-order valence-electron chi connectivity index (χ0n) is 24.5. The van der Waals surface area contributed by atoms with Gasteiger partial charge in [0.25, 0.3) is 0 Å². The minimum Gasteiger partial charge on any atom is -0.504 e. The van der Waals surface area contributed by atoms with Crippen LogP contribution in [0.15, 0.2) is 34.1 Å². The Balaban J connectivity index is 1.33. The summed E-state index contributed by atoms with van der Waals surface area (Å²) in [5.74, 6) is 1.29. The van der Waals surface area contributed by atoms with Crippen molar-refractivity contribution < 1.29 is 24.2 Å². The molecule has 7 rings (SSSR count). The minimum absolute atomic E-state index is 0.0391. The first kappa shape index (κ1) is 28.4. The van der Waals surface area contributed by atoms with E-state index in [0.29, 0.717) is 31.1 Å². The first-order chi connectivity index (χ1) is 20.1. The van der Waals surface area contributed by atoms with Crippen molar-refractivity contribution in [2.45, 2.75) is 88.5 Å². The number of hydrogen-bond donors (Lipinski definition) is 1. The molecule has 42 heavy (non-hydrogen) atoms. The maximum Gasteiger partial charge on any atom is 0.303 e. The lowest BCUT2D eigenvalue weighted by Gasteiger charge is -2.65. The summed E-state index contributed by atoms with van der Waals surface area (Å²) < 4.78 is 14.4. The molecule has 2 aromatic rings. The number of carbonyl (C=O) groups is 2. The van der Waals surface area contributed by atoms with Crippen molar-refractivity contribution in [2.24, 2.45) is 11.8 Å². The van der Waals surface area contributed by atoms with Crippen molar-refractivity contribution in [1.82, 2.24) is 9.80 Å². The van der Waals surface area contributed by atoms with Crippen LogP contribution in [-0.2, 0) is 26.2 Å². The van der Waals surface area contributed by atoms with Crippen LogP contribution >= 0.6 is 27.3 Å². The van der Waals surface area contributed by atoms with E-state index in [4.69, 9.17) is 9.47 Å². The number of halogens is 1. The van der Waals surface area contributed by atoms with Gasteiger partial charge < -0.3 is 19.5 Å². The van der Waals surface area contributed by atoms with Crippen molar-refractivity contribution in [2.75, 3.05) is 19.6 Å². The lowest BCUT2D eigenvalue weighted by molar-refractivity contribution is -0.224. The lowest BCUT2D eigenvalue weighted by atomic mass is 9.48. The molecule has 0 radical (unpaired) electrons. The molecule has 1 aromatic carbocycles. The number of rotatable bonds is 8. The van der Waals surface area contributed by atoms with E-state index in [1.165, 1.54) is 25.3 Å². The molecule has 1 saturated heterocycles. The zero-order valence-corrected chi connectivity index (χ0v) is 26.9. The molecule has 224 valence electrons. The number of piperidine rings is 1. The molecule has 1 N–H and O–H groups in total. The third-order valence-corrected chi connectivity index (χ3v) is 11.9. The summed E-state index contributed by atoms with van der Waals surface area (Å²) in [5, 5.41) is 13.1. The molecule has 1 aromatic heterocycles. The number of esters is 1. The number of likely N-dealkylation sites (tertiary alicyclic amines) is 1. The Bertz CT molecular complexity index is 1450. The second-order valence-electron chi connectivity index (χ2n) is 13.3. The van der Waals surface area contributed by atoms with Gasteiger partial charge in [0, 0.05) is 46.4 Å². The molecular formula is C33H39BrN2O5S. The highest BCUT2D eigenvalue weighted by molar-refractivity contribution is 9.10. The summed E-state index contributed by atoms with van der Waals surface area (Å²) in [6, 6.07) is 5.60. The normalized spacial score (nSPS) is 31.2. The van der Waals surface area contributed by atoms with Crippen LogP contribution in [0.3, 0.4) is 0 Å². The Morgan fingerprint density at radius 1 is 1.29 bits per heavy atom. The van der Waals surface area contributed by atoms with Gasteiger partial charge in [-0.1, -0.05) is 19.9 Å². The fourth-order valence-corrected chi connectivity index (χ4v) is 9.99. The first-order valence-corrected chi connectivity index (χ1v) is 17.0. The Morgan fingerprint density at radius 3 is 2.79 bits per heavy atom. The third kappa shape index (κ3) is 4.36. The summed E-state index contributed by atoms with van der Waals surface area (Å²) >= 11 is 5.09. The number of thiophene rings is 1. The Morgan fingerprint density at radius 2 is 2.10 bits per heavy atom. The van der Waals surface area contributed by atoms with Gasteiger partial charge in [-0.2, -0.15) is 0 Å². The molecule has 1 amide bonds. The SMILES string of the molecule is CC(=O)O[C@@]12CC[C@H](N(CC(C)C)C(=O)/C=C/c3cc(Br)cs3)[C@@H]3Oc4c(O)ccc5c4[C@@]31CCN(CC1CC1)[C@@H]2C5. The third-order valence-electron chi connectivity index (χ3n) is 10.2. The molecule has 5 atom stereocenters. The Labute approximate surface area is 260 Å². The number of phenols is 1. The van der Waals surface area contributed by atoms with Crippen molar-refractivity contribution in [1.29, 1.82) is 0 Å². The predicted octanol–water partition coefficient (Wildman–Crippen LogP) is 5.92. The van der Waals surface area contributed by atoms with Crippen LogP contribution in [0, 0.1) is 11.8 Å². The van der Waals surface area contributed by atoms with E-state index in [0.717, 1.165) is 40.8 Å². The van der Waals surface area contributed by atoms with E-state index < -0.39 is 17.1 Å². The molecule has 0 unspecified atom stereocenters. The van der Waals surface area contributed by atoms with Crippen LogP contribution in [-0.4, -0.2) is 70.2 Å². The van der Waals surface area contributed by atoms with E-state index in [1.54, 1.807) is 23.5 Å². The molecular weight excluding hydrogens is 616 g/mol. The molecule has 2 aliphatic heterocycles. The highest BCUT2D eigenvalue weighted by atomic mass is 79.9. The van der Waals surface area contributed by atoms with Crippen molar-refractivity contribution in [3.63, 3.8) is 0 Å². The van der Waals surface area contributed by atoms with Crippen molar-refractivity contribution in [3.8, 4) is 11.5 Å². The topological polar surface area (TPSA) is 79.3 Å². The lowest BCUT2D eigenvalue weighted by Crippen LogP contribution is -2.79. The number of benzene rings is 1. The van der Waals surface area contributed by atoms with Gasteiger partial charge in [0.05, 0.1) is 17.5 Å². The van der Waals surface area contributed by atoms with Gasteiger partial charge in [-0.05, 0) is 96.6 Å². The molecule has 3 fully saturated rings. The number of hydrogen-bond acceptors (Lipinski definition) is 7. The van der Waals surface area contributed by atoms with Crippen LogP contribution in [0.2, 0.25) is 0 Å². The quantitative estimate of drug-likeness (QED) is 0.281. The van der Waals surface area contributed by atoms with Gasteiger partial charge in [0.1, 0.15) is 11.7 Å². The fourth-order valence-electron chi connectivity index (χ4n) is 8.66. The number of carbonyl (C=O) groups excluding carboxylic acids is 2. The molecule has 9 heteroatoms. The van der Waals surface area contributed by atoms with Gasteiger partial charge >= 0.3 is 5.97 Å². The van der Waals surface area contributed by atoms with Gasteiger partial charge in [-0.15, -0.1) is 11.3 Å². The average Bonchev–Trinajstić information content (AvgIpc) is 3.54. The molecule has 3 heterocycles. The summed E-state index contributed by atoms with van der Waals surface area (Å²) in [5.41, 5.74) is 0.775.